The van der Waals surface area contributed by atoms with Gasteiger partial charge in [0, 0.05) is 19.1 Å². The van der Waals surface area contributed by atoms with E-state index in [0.29, 0.717) is 29.3 Å². The predicted molar refractivity (Wildman–Crippen MR) is 82.3 cm³/mol. The summed E-state index contributed by atoms with van der Waals surface area (Å²) in [5.41, 5.74) is 5.70. The number of nitrogens with two attached hydrogens (primary N) is 1. The maximum Gasteiger partial charge on any atom is 0.138 e. The van der Waals surface area contributed by atoms with E-state index in [1.54, 1.807) is 6.07 Å². The van der Waals surface area contributed by atoms with Gasteiger partial charge in [0.15, 0.2) is 0 Å². The van der Waals surface area contributed by atoms with E-state index in [4.69, 9.17) is 22.1 Å². The number of nitrogens with zero attached hydrogens (tertiary/aromatic N) is 1. The van der Waals surface area contributed by atoms with Crippen LogP contribution in [0.3, 0.4) is 0 Å². The van der Waals surface area contributed by atoms with Gasteiger partial charge in [0.2, 0.25) is 0 Å². The van der Waals surface area contributed by atoms with Gasteiger partial charge in [-0.15, -0.1) is 12.4 Å². The normalized spacial score (nSPS) is 22.6. The molecule has 1 aliphatic heterocycles. The summed E-state index contributed by atoms with van der Waals surface area (Å²) in [6, 6.07) is 4.72. The number of benzene rings is 1. The molecule has 1 saturated heterocycles. The van der Waals surface area contributed by atoms with Crippen LogP contribution in [0.5, 0.6) is 5.75 Å². The van der Waals surface area contributed by atoms with Crippen LogP contribution in [0.1, 0.15) is 13.3 Å². The molecular formula is C14H21Cl2FN2O. The number of likely N-dealkylation sites (tertiary alicyclic amines) is 1. The minimum Gasteiger partial charge on any atom is -0.491 e. The molecule has 2 atom stereocenters. The lowest BCUT2D eigenvalue weighted by atomic mass is 10.1. The van der Waals surface area contributed by atoms with Crippen molar-refractivity contribution >= 4 is 24.0 Å². The highest BCUT2D eigenvalue weighted by Crippen LogP contribution is 2.25. The van der Waals surface area contributed by atoms with E-state index in [1.807, 2.05) is 0 Å². The summed E-state index contributed by atoms with van der Waals surface area (Å²) in [4.78, 5) is 2.37. The Morgan fingerprint density at radius 3 is 2.85 bits per heavy atom. The van der Waals surface area contributed by atoms with Crippen LogP contribution in [0.25, 0.3) is 0 Å². The molecule has 1 aliphatic rings. The lowest BCUT2D eigenvalue weighted by Crippen LogP contribution is -2.32. The molecular weight excluding hydrogens is 302 g/mol. The van der Waals surface area contributed by atoms with E-state index in [1.165, 1.54) is 12.1 Å². The molecule has 0 aliphatic carbocycles. The Balaban J connectivity index is 0.00000200. The van der Waals surface area contributed by atoms with Gasteiger partial charge in [-0.3, -0.25) is 4.90 Å². The Morgan fingerprint density at radius 1 is 1.50 bits per heavy atom. The molecule has 0 amide bonds. The Kier molecular flexibility index (Phi) is 7.03. The maximum absolute atomic E-state index is 12.9. The summed E-state index contributed by atoms with van der Waals surface area (Å²) < 4.78 is 18.5. The largest absolute Gasteiger partial charge is 0.491 e. The lowest BCUT2D eigenvalue weighted by molar-refractivity contribution is 0.202. The van der Waals surface area contributed by atoms with E-state index >= 15 is 0 Å². The quantitative estimate of drug-likeness (QED) is 0.905. The van der Waals surface area contributed by atoms with Crippen LogP contribution >= 0.6 is 24.0 Å². The number of hydrogen-bond acceptors (Lipinski definition) is 3. The number of ether oxygens (including phenoxy) is 1. The van der Waals surface area contributed by atoms with Crippen LogP contribution < -0.4 is 10.5 Å². The lowest BCUT2D eigenvalue weighted by Gasteiger charge is -2.21. The molecule has 2 unspecified atom stereocenters. The van der Waals surface area contributed by atoms with E-state index in [0.717, 1.165) is 26.1 Å². The number of halogens is 3. The van der Waals surface area contributed by atoms with Crippen molar-refractivity contribution in [1.29, 1.82) is 0 Å². The third-order valence-electron chi connectivity index (χ3n) is 3.65. The highest BCUT2D eigenvalue weighted by molar-refractivity contribution is 6.32. The number of hydrogen-bond donors (Lipinski definition) is 1. The molecule has 1 heterocycles. The molecule has 1 fully saturated rings. The highest BCUT2D eigenvalue weighted by atomic mass is 35.5. The molecule has 2 rings (SSSR count). The van der Waals surface area contributed by atoms with Crippen LogP contribution in [0.15, 0.2) is 18.2 Å². The molecule has 0 saturated carbocycles. The summed E-state index contributed by atoms with van der Waals surface area (Å²) in [6.45, 7) is 5.36. The van der Waals surface area contributed by atoms with E-state index in [2.05, 4.69) is 11.8 Å². The SMILES string of the molecule is CC1CC(CN)CN1CCOc1ccc(F)cc1Cl.Cl. The second-order valence-electron chi connectivity index (χ2n) is 5.10. The van der Waals surface area contributed by atoms with Crippen molar-refractivity contribution in [2.24, 2.45) is 11.7 Å². The van der Waals surface area contributed by atoms with E-state index < -0.39 is 0 Å². The van der Waals surface area contributed by atoms with Gasteiger partial charge in [-0.2, -0.15) is 0 Å². The molecule has 1 aromatic carbocycles. The third-order valence-corrected chi connectivity index (χ3v) is 3.95. The molecule has 6 heteroatoms. The summed E-state index contributed by atoms with van der Waals surface area (Å²) >= 11 is 5.90. The van der Waals surface area contributed by atoms with Crippen LogP contribution in [0, 0.1) is 11.7 Å². The van der Waals surface area contributed by atoms with Crippen molar-refractivity contribution in [3.63, 3.8) is 0 Å². The fourth-order valence-electron chi connectivity index (χ4n) is 2.57. The molecule has 1 aromatic rings. The minimum atomic E-state index is -0.351. The maximum atomic E-state index is 12.9. The smallest absolute Gasteiger partial charge is 0.138 e. The van der Waals surface area contributed by atoms with Gasteiger partial charge in [-0.05, 0) is 44.0 Å². The number of rotatable bonds is 5. The van der Waals surface area contributed by atoms with Gasteiger partial charge >= 0.3 is 0 Å². The van der Waals surface area contributed by atoms with Crippen molar-refractivity contribution in [3.8, 4) is 5.75 Å². The van der Waals surface area contributed by atoms with Gasteiger partial charge < -0.3 is 10.5 Å². The molecule has 2 N–H and O–H groups in total. The van der Waals surface area contributed by atoms with Crippen LogP contribution in [0.2, 0.25) is 5.02 Å². The zero-order valence-corrected chi connectivity index (χ0v) is 13.1. The topological polar surface area (TPSA) is 38.5 Å². The Morgan fingerprint density at radius 2 is 2.25 bits per heavy atom. The fourth-order valence-corrected chi connectivity index (χ4v) is 2.79. The summed E-state index contributed by atoms with van der Waals surface area (Å²) in [5, 5.41) is 0.314. The average Bonchev–Trinajstić information content (AvgIpc) is 2.73. The summed E-state index contributed by atoms with van der Waals surface area (Å²) in [7, 11) is 0. The van der Waals surface area contributed by atoms with Gasteiger partial charge in [0.1, 0.15) is 18.2 Å². The fraction of sp³-hybridized carbons (Fsp3) is 0.571. The first-order chi connectivity index (χ1) is 9.10. The first kappa shape index (κ1) is 17.5. The third kappa shape index (κ3) is 4.48. The van der Waals surface area contributed by atoms with Crippen molar-refractivity contribution in [1.82, 2.24) is 4.90 Å². The minimum absolute atomic E-state index is 0. The molecule has 20 heavy (non-hydrogen) atoms. The van der Waals surface area contributed by atoms with Gasteiger partial charge in [-0.1, -0.05) is 11.6 Å². The van der Waals surface area contributed by atoms with Crippen molar-refractivity contribution in [2.45, 2.75) is 19.4 Å². The Hall–Kier alpha value is -0.550. The van der Waals surface area contributed by atoms with Crippen molar-refractivity contribution in [2.75, 3.05) is 26.2 Å². The Bertz CT molecular complexity index is 434. The molecule has 0 spiro atoms. The summed E-state index contributed by atoms with van der Waals surface area (Å²) in [6.07, 6.45) is 1.15. The van der Waals surface area contributed by atoms with Crippen LogP contribution in [0.4, 0.5) is 4.39 Å². The van der Waals surface area contributed by atoms with Gasteiger partial charge in [0.25, 0.3) is 0 Å². The van der Waals surface area contributed by atoms with Gasteiger partial charge in [0.05, 0.1) is 5.02 Å². The second-order valence-corrected chi connectivity index (χ2v) is 5.51. The standard InChI is InChI=1S/C14H20ClFN2O.ClH/c1-10-6-11(8-17)9-18(10)4-5-19-14-3-2-12(16)7-13(14)15;/h2-3,7,10-11H,4-6,8-9,17H2,1H3;1H. The zero-order chi connectivity index (χ0) is 13.8. The molecule has 0 bridgehead atoms. The van der Waals surface area contributed by atoms with Crippen LogP contribution in [-0.2, 0) is 0 Å². The molecule has 0 aromatic heterocycles. The first-order valence-corrected chi connectivity index (χ1v) is 7.00. The monoisotopic (exact) mass is 322 g/mol. The van der Waals surface area contributed by atoms with E-state index in [9.17, 15) is 4.39 Å². The zero-order valence-electron chi connectivity index (χ0n) is 11.5. The first-order valence-electron chi connectivity index (χ1n) is 6.62. The van der Waals surface area contributed by atoms with Crippen molar-refractivity contribution in [3.05, 3.63) is 29.0 Å². The van der Waals surface area contributed by atoms with Gasteiger partial charge in [-0.25, -0.2) is 4.39 Å². The molecule has 3 nitrogen and oxygen atoms in total. The van der Waals surface area contributed by atoms with E-state index in [-0.39, 0.29) is 18.2 Å². The Labute approximate surface area is 130 Å². The highest BCUT2D eigenvalue weighted by Gasteiger charge is 2.27. The molecule has 0 radical (unpaired) electrons. The predicted octanol–water partition coefficient (Wildman–Crippen LogP) is 2.95. The second kappa shape index (κ2) is 8.03. The van der Waals surface area contributed by atoms with Crippen LogP contribution in [-0.4, -0.2) is 37.2 Å². The molecule has 114 valence electrons. The summed E-state index contributed by atoms with van der Waals surface area (Å²) in [5.74, 6) is 0.769. The average molecular weight is 323 g/mol. The van der Waals surface area contributed by atoms with Crippen molar-refractivity contribution < 1.29 is 9.13 Å².